The first-order valence-corrected chi connectivity index (χ1v) is 11.9. The second-order valence-electron chi connectivity index (χ2n) is 10.4. The number of amides is 1. The minimum absolute atomic E-state index is 0.156. The van der Waals surface area contributed by atoms with Gasteiger partial charge in [0, 0.05) is 68.9 Å². The number of hydrogen-bond donors (Lipinski definition) is 0. The number of piperazine rings is 1. The molecule has 0 radical (unpaired) electrons. The highest BCUT2D eigenvalue weighted by Gasteiger charge is 2.40. The molecule has 2 aliphatic heterocycles. The van der Waals surface area contributed by atoms with Crippen LogP contribution in [0.2, 0.25) is 0 Å². The van der Waals surface area contributed by atoms with Gasteiger partial charge in [-0.25, -0.2) is 4.39 Å². The summed E-state index contributed by atoms with van der Waals surface area (Å²) in [6.45, 7) is 12.1. The van der Waals surface area contributed by atoms with E-state index in [4.69, 9.17) is 4.74 Å². The molecule has 2 aromatic rings. The lowest BCUT2D eigenvalue weighted by Crippen LogP contribution is -2.48. The first-order chi connectivity index (χ1) is 15.7. The second-order valence-corrected chi connectivity index (χ2v) is 10.4. The highest BCUT2D eigenvalue weighted by molar-refractivity contribution is 5.82. The van der Waals surface area contributed by atoms with Gasteiger partial charge in [-0.1, -0.05) is 39.0 Å². The Morgan fingerprint density at radius 3 is 2.42 bits per heavy atom. The summed E-state index contributed by atoms with van der Waals surface area (Å²) in [4.78, 5) is 19.9. The standard InChI is InChI=1S/C27H36FN3O2/c1-27(2,3)26(32)31-18-21(25(19-31)20-7-5-8-22(28)15-20)17-29-11-13-30(14-12-29)23-9-6-10-24(16-23)33-4/h5-10,15-16,21,25H,11-14,17-19H2,1-4H3/t21-,25-/m1/s1. The third-order valence-corrected chi connectivity index (χ3v) is 6.93. The maximum Gasteiger partial charge on any atom is 0.227 e. The quantitative estimate of drug-likeness (QED) is 0.678. The second kappa shape index (κ2) is 9.72. The summed E-state index contributed by atoms with van der Waals surface area (Å²) in [5.41, 5.74) is 1.78. The van der Waals surface area contributed by atoms with Gasteiger partial charge in [0.2, 0.25) is 5.91 Å². The van der Waals surface area contributed by atoms with Crippen molar-refractivity contribution in [2.75, 3.05) is 57.8 Å². The molecule has 0 spiro atoms. The number of methoxy groups -OCH3 is 1. The van der Waals surface area contributed by atoms with Crippen LogP contribution < -0.4 is 9.64 Å². The number of ether oxygens (including phenoxy) is 1. The molecule has 2 saturated heterocycles. The van der Waals surface area contributed by atoms with Crippen molar-refractivity contribution in [3.63, 3.8) is 0 Å². The largest absolute Gasteiger partial charge is 0.497 e. The van der Waals surface area contributed by atoms with Gasteiger partial charge < -0.3 is 14.5 Å². The van der Waals surface area contributed by atoms with Crippen molar-refractivity contribution in [1.29, 1.82) is 0 Å². The number of likely N-dealkylation sites (tertiary alicyclic amines) is 1. The van der Waals surface area contributed by atoms with E-state index in [0.29, 0.717) is 12.5 Å². The Balaban J connectivity index is 1.44. The van der Waals surface area contributed by atoms with Crippen LogP contribution in [0, 0.1) is 17.2 Å². The molecule has 2 atom stereocenters. The lowest BCUT2D eigenvalue weighted by molar-refractivity contribution is -0.138. The summed E-state index contributed by atoms with van der Waals surface area (Å²) in [5.74, 6) is 1.29. The normalized spacial score (nSPS) is 22.0. The molecule has 0 aliphatic carbocycles. The summed E-state index contributed by atoms with van der Waals surface area (Å²) < 4.78 is 19.4. The van der Waals surface area contributed by atoms with Crippen LogP contribution in [0.15, 0.2) is 48.5 Å². The Morgan fingerprint density at radius 2 is 1.76 bits per heavy atom. The van der Waals surface area contributed by atoms with E-state index >= 15 is 0 Å². The van der Waals surface area contributed by atoms with Gasteiger partial charge in [-0.15, -0.1) is 0 Å². The van der Waals surface area contributed by atoms with E-state index in [1.165, 1.54) is 11.8 Å². The zero-order chi connectivity index (χ0) is 23.6. The van der Waals surface area contributed by atoms with Crippen molar-refractivity contribution >= 4 is 11.6 Å². The smallest absolute Gasteiger partial charge is 0.227 e. The number of carbonyl (C=O) groups excluding carboxylic acids is 1. The van der Waals surface area contributed by atoms with Gasteiger partial charge in [-0.3, -0.25) is 9.69 Å². The summed E-state index contributed by atoms with van der Waals surface area (Å²) in [7, 11) is 1.70. The first-order valence-electron chi connectivity index (χ1n) is 11.9. The van der Waals surface area contributed by atoms with Crippen molar-refractivity contribution in [1.82, 2.24) is 9.80 Å². The van der Waals surface area contributed by atoms with Gasteiger partial charge in [0.15, 0.2) is 0 Å². The molecule has 2 heterocycles. The Labute approximate surface area is 197 Å². The van der Waals surface area contributed by atoms with Crippen LogP contribution >= 0.6 is 0 Å². The van der Waals surface area contributed by atoms with Crippen molar-refractivity contribution in [3.05, 3.63) is 59.9 Å². The molecule has 2 aromatic carbocycles. The molecule has 33 heavy (non-hydrogen) atoms. The number of halogens is 1. The van der Waals surface area contributed by atoms with Gasteiger partial charge in [-0.2, -0.15) is 0 Å². The van der Waals surface area contributed by atoms with Crippen LogP contribution in [-0.2, 0) is 4.79 Å². The van der Waals surface area contributed by atoms with E-state index in [1.807, 2.05) is 43.9 Å². The SMILES string of the molecule is COc1cccc(N2CCN(C[C@@H]3CN(C(=O)C(C)(C)C)C[C@@H]3c3cccc(F)c3)CC2)c1. The van der Waals surface area contributed by atoms with Crippen molar-refractivity contribution < 1.29 is 13.9 Å². The van der Waals surface area contributed by atoms with Crippen LogP contribution in [0.25, 0.3) is 0 Å². The first kappa shape index (κ1) is 23.6. The molecule has 178 valence electrons. The predicted molar refractivity (Wildman–Crippen MR) is 130 cm³/mol. The molecule has 0 unspecified atom stereocenters. The van der Waals surface area contributed by atoms with Crippen LogP contribution in [0.1, 0.15) is 32.3 Å². The molecule has 2 fully saturated rings. The maximum absolute atomic E-state index is 14.0. The highest BCUT2D eigenvalue weighted by atomic mass is 19.1. The number of hydrogen-bond acceptors (Lipinski definition) is 4. The van der Waals surface area contributed by atoms with Crippen molar-refractivity contribution in [2.24, 2.45) is 11.3 Å². The van der Waals surface area contributed by atoms with E-state index in [9.17, 15) is 9.18 Å². The van der Waals surface area contributed by atoms with Crippen molar-refractivity contribution in [2.45, 2.75) is 26.7 Å². The summed E-state index contributed by atoms with van der Waals surface area (Å²) in [6, 6.07) is 15.1. The van der Waals surface area contributed by atoms with Crippen LogP contribution in [0.4, 0.5) is 10.1 Å². The molecule has 0 N–H and O–H groups in total. The molecule has 4 rings (SSSR count). The number of anilines is 1. The maximum atomic E-state index is 14.0. The van der Waals surface area contributed by atoms with E-state index < -0.39 is 5.41 Å². The fourth-order valence-electron chi connectivity index (χ4n) is 5.14. The molecule has 1 amide bonds. The topological polar surface area (TPSA) is 36.0 Å². The molecular formula is C27H36FN3O2. The highest BCUT2D eigenvalue weighted by Crippen LogP contribution is 2.36. The zero-order valence-electron chi connectivity index (χ0n) is 20.3. The van der Waals surface area contributed by atoms with Gasteiger partial charge in [0.05, 0.1) is 7.11 Å². The monoisotopic (exact) mass is 453 g/mol. The number of rotatable bonds is 5. The molecule has 6 heteroatoms. The predicted octanol–water partition coefficient (Wildman–Crippen LogP) is 4.24. The Morgan fingerprint density at radius 1 is 1.03 bits per heavy atom. The molecule has 0 aromatic heterocycles. The van der Waals surface area contributed by atoms with Crippen molar-refractivity contribution in [3.8, 4) is 5.75 Å². The number of carbonyl (C=O) groups is 1. The van der Waals surface area contributed by atoms with Crippen LogP contribution in [0.3, 0.4) is 0 Å². The Hall–Kier alpha value is -2.60. The van der Waals surface area contributed by atoms with Crippen LogP contribution in [-0.4, -0.2) is 68.6 Å². The minimum Gasteiger partial charge on any atom is -0.497 e. The Bertz CT molecular complexity index is 966. The van der Waals surface area contributed by atoms with Gasteiger partial charge >= 0.3 is 0 Å². The number of nitrogens with zero attached hydrogens (tertiary/aromatic N) is 3. The average molecular weight is 454 g/mol. The Kier molecular flexibility index (Phi) is 6.94. The summed E-state index contributed by atoms with van der Waals surface area (Å²) in [6.07, 6.45) is 0. The van der Waals surface area contributed by atoms with E-state index in [-0.39, 0.29) is 17.6 Å². The van der Waals surface area contributed by atoms with E-state index in [1.54, 1.807) is 19.2 Å². The lowest BCUT2D eigenvalue weighted by atomic mass is 9.88. The fraction of sp³-hybridized carbons (Fsp3) is 0.519. The zero-order valence-corrected chi connectivity index (χ0v) is 20.3. The fourth-order valence-corrected chi connectivity index (χ4v) is 5.14. The summed E-state index contributed by atoms with van der Waals surface area (Å²) >= 11 is 0. The minimum atomic E-state index is -0.413. The lowest BCUT2D eigenvalue weighted by Gasteiger charge is -2.38. The number of benzene rings is 2. The van der Waals surface area contributed by atoms with Gasteiger partial charge in [-0.05, 0) is 35.7 Å². The van der Waals surface area contributed by atoms with Crippen LogP contribution in [0.5, 0.6) is 5.75 Å². The molecular weight excluding hydrogens is 417 g/mol. The van der Waals surface area contributed by atoms with Gasteiger partial charge in [0.25, 0.3) is 0 Å². The third kappa shape index (κ3) is 5.49. The van der Waals surface area contributed by atoms with Gasteiger partial charge in [0.1, 0.15) is 11.6 Å². The molecule has 2 aliphatic rings. The molecule has 5 nitrogen and oxygen atoms in total. The third-order valence-electron chi connectivity index (χ3n) is 6.93. The van der Waals surface area contributed by atoms with E-state index in [0.717, 1.165) is 50.6 Å². The average Bonchev–Trinajstić information content (AvgIpc) is 3.22. The summed E-state index contributed by atoms with van der Waals surface area (Å²) in [5, 5.41) is 0. The molecule has 0 saturated carbocycles. The van der Waals surface area contributed by atoms with E-state index in [2.05, 4.69) is 21.9 Å². The molecule has 0 bridgehead atoms.